The Morgan fingerprint density at radius 3 is 2.89 bits per heavy atom. The Morgan fingerprint density at radius 1 is 1.50 bits per heavy atom. The SMILES string of the molecule is CCC1Sc2ccccc2N(CC(=N)OC)C1=O. The fourth-order valence-electron chi connectivity index (χ4n) is 1.91. The molecule has 0 saturated carbocycles. The van der Waals surface area contributed by atoms with Crippen LogP contribution in [0.2, 0.25) is 0 Å². The Balaban J connectivity index is 2.35. The van der Waals surface area contributed by atoms with Gasteiger partial charge in [0, 0.05) is 4.90 Å². The summed E-state index contributed by atoms with van der Waals surface area (Å²) in [7, 11) is 1.45. The molecule has 96 valence electrons. The highest BCUT2D eigenvalue weighted by atomic mass is 32.2. The summed E-state index contributed by atoms with van der Waals surface area (Å²) in [6.07, 6.45) is 0.786. The molecule has 1 aromatic rings. The van der Waals surface area contributed by atoms with Crippen molar-refractivity contribution in [1.82, 2.24) is 0 Å². The van der Waals surface area contributed by atoms with Crippen molar-refractivity contribution in [2.24, 2.45) is 0 Å². The van der Waals surface area contributed by atoms with E-state index in [1.165, 1.54) is 7.11 Å². The van der Waals surface area contributed by atoms with Gasteiger partial charge in [0.1, 0.15) is 6.54 Å². The molecule has 4 nitrogen and oxygen atoms in total. The van der Waals surface area contributed by atoms with Crippen LogP contribution < -0.4 is 4.90 Å². The third kappa shape index (κ3) is 2.36. The van der Waals surface area contributed by atoms with Crippen LogP contribution in [0.25, 0.3) is 0 Å². The first-order valence-corrected chi connectivity index (χ1v) is 6.73. The molecule has 1 aliphatic heterocycles. The molecule has 18 heavy (non-hydrogen) atoms. The van der Waals surface area contributed by atoms with Crippen LogP contribution in [0, 0.1) is 5.41 Å². The van der Waals surface area contributed by atoms with Gasteiger partial charge in [-0.05, 0) is 18.6 Å². The maximum atomic E-state index is 12.3. The standard InChI is InChI=1S/C13H16N2O2S/c1-3-10-13(16)15(8-12(14)17-2)9-6-4-5-7-11(9)18-10/h4-7,10,14H,3,8H2,1-2H3. The van der Waals surface area contributed by atoms with Crippen LogP contribution >= 0.6 is 11.8 Å². The zero-order chi connectivity index (χ0) is 13.1. The minimum Gasteiger partial charge on any atom is -0.483 e. The number of amides is 1. The highest BCUT2D eigenvalue weighted by Crippen LogP contribution is 2.39. The van der Waals surface area contributed by atoms with Crippen LogP contribution in [0.15, 0.2) is 29.2 Å². The quantitative estimate of drug-likeness (QED) is 0.674. The fraction of sp³-hybridized carbons (Fsp3) is 0.385. The molecule has 1 aliphatic rings. The molecule has 0 bridgehead atoms. The Hall–Kier alpha value is -1.49. The second kappa shape index (κ2) is 5.44. The van der Waals surface area contributed by atoms with Crippen molar-refractivity contribution in [3.8, 4) is 0 Å². The predicted molar refractivity (Wildman–Crippen MR) is 73.5 cm³/mol. The Kier molecular flexibility index (Phi) is 3.91. The lowest BCUT2D eigenvalue weighted by Gasteiger charge is -2.33. The Bertz CT molecular complexity index is 476. The van der Waals surface area contributed by atoms with Crippen LogP contribution in [0.1, 0.15) is 13.3 Å². The summed E-state index contributed by atoms with van der Waals surface area (Å²) in [4.78, 5) is 15.1. The number of carbonyl (C=O) groups excluding carboxylic acids is 1. The van der Waals surface area contributed by atoms with Gasteiger partial charge in [-0.25, -0.2) is 0 Å². The summed E-state index contributed by atoms with van der Waals surface area (Å²) in [5.74, 6) is 0.155. The van der Waals surface area contributed by atoms with Crippen molar-refractivity contribution in [2.45, 2.75) is 23.5 Å². The van der Waals surface area contributed by atoms with E-state index in [2.05, 4.69) is 0 Å². The van der Waals surface area contributed by atoms with Gasteiger partial charge in [0.25, 0.3) is 0 Å². The number of anilines is 1. The second-order valence-corrected chi connectivity index (χ2v) is 5.28. The first kappa shape index (κ1) is 13.0. The molecule has 2 rings (SSSR count). The third-order valence-corrected chi connectivity index (χ3v) is 4.30. The monoisotopic (exact) mass is 264 g/mol. The lowest BCUT2D eigenvalue weighted by Crippen LogP contribution is -2.43. The van der Waals surface area contributed by atoms with Crippen molar-refractivity contribution in [2.75, 3.05) is 18.6 Å². The number of carbonyl (C=O) groups is 1. The highest BCUT2D eigenvalue weighted by Gasteiger charge is 2.32. The van der Waals surface area contributed by atoms with Gasteiger partial charge in [0.05, 0.1) is 18.0 Å². The number of thioether (sulfide) groups is 1. The van der Waals surface area contributed by atoms with Gasteiger partial charge in [-0.2, -0.15) is 0 Å². The molecular weight excluding hydrogens is 248 g/mol. The van der Waals surface area contributed by atoms with Crippen LogP contribution in [0.4, 0.5) is 5.69 Å². The van der Waals surface area contributed by atoms with E-state index in [1.807, 2.05) is 31.2 Å². The Morgan fingerprint density at radius 2 is 2.22 bits per heavy atom. The van der Waals surface area contributed by atoms with Crippen molar-refractivity contribution in [3.63, 3.8) is 0 Å². The van der Waals surface area contributed by atoms with Gasteiger partial charge in [-0.15, -0.1) is 11.8 Å². The van der Waals surface area contributed by atoms with Gasteiger partial charge < -0.3 is 9.64 Å². The number of methoxy groups -OCH3 is 1. The lowest BCUT2D eigenvalue weighted by molar-refractivity contribution is -0.118. The maximum Gasteiger partial charge on any atom is 0.240 e. The predicted octanol–water partition coefficient (Wildman–Crippen LogP) is 2.53. The van der Waals surface area contributed by atoms with Crippen LogP contribution in [-0.4, -0.2) is 30.7 Å². The first-order chi connectivity index (χ1) is 8.67. The molecule has 0 radical (unpaired) electrons. The van der Waals surface area contributed by atoms with E-state index in [9.17, 15) is 4.79 Å². The molecular formula is C13H16N2O2S. The summed E-state index contributed by atoms with van der Waals surface area (Å²) in [6, 6.07) is 7.80. The minimum atomic E-state index is -0.0652. The van der Waals surface area contributed by atoms with Crippen molar-refractivity contribution >= 4 is 29.3 Å². The normalized spacial score (nSPS) is 18.4. The molecule has 1 aromatic carbocycles. The molecule has 0 aliphatic carbocycles. The maximum absolute atomic E-state index is 12.3. The molecule has 1 heterocycles. The molecule has 0 aromatic heterocycles. The van der Waals surface area contributed by atoms with Gasteiger partial charge in [-0.1, -0.05) is 19.1 Å². The number of para-hydroxylation sites is 1. The van der Waals surface area contributed by atoms with Gasteiger partial charge in [0.15, 0.2) is 0 Å². The molecule has 0 spiro atoms. The number of hydrogen-bond donors (Lipinski definition) is 1. The minimum absolute atomic E-state index is 0.0583. The zero-order valence-electron chi connectivity index (χ0n) is 10.5. The number of fused-ring (bicyclic) bond motifs is 1. The number of nitrogens with one attached hydrogen (secondary N) is 1. The summed E-state index contributed by atoms with van der Waals surface area (Å²) in [5.41, 5.74) is 0.874. The lowest BCUT2D eigenvalue weighted by atomic mass is 10.2. The molecule has 0 fully saturated rings. The summed E-state index contributed by atoms with van der Waals surface area (Å²) in [6.45, 7) is 2.20. The zero-order valence-corrected chi connectivity index (χ0v) is 11.3. The van der Waals surface area contributed by atoms with E-state index >= 15 is 0 Å². The van der Waals surface area contributed by atoms with E-state index < -0.39 is 0 Å². The van der Waals surface area contributed by atoms with Crippen LogP contribution in [0.3, 0.4) is 0 Å². The second-order valence-electron chi connectivity index (χ2n) is 4.03. The van der Waals surface area contributed by atoms with Crippen molar-refractivity contribution in [3.05, 3.63) is 24.3 Å². The van der Waals surface area contributed by atoms with Crippen molar-refractivity contribution < 1.29 is 9.53 Å². The number of hydrogen-bond acceptors (Lipinski definition) is 4. The summed E-state index contributed by atoms with van der Waals surface area (Å²) >= 11 is 1.60. The van der Waals surface area contributed by atoms with E-state index in [0.29, 0.717) is 0 Å². The van der Waals surface area contributed by atoms with E-state index in [1.54, 1.807) is 16.7 Å². The number of benzene rings is 1. The molecule has 1 atom stereocenters. The molecule has 0 saturated heterocycles. The van der Waals surface area contributed by atoms with Gasteiger partial charge in [0.2, 0.25) is 11.8 Å². The Labute approximate surface area is 111 Å². The third-order valence-electron chi connectivity index (χ3n) is 2.89. The smallest absolute Gasteiger partial charge is 0.240 e. The van der Waals surface area contributed by atoms with Gasteiger partial charge >= 0.3 is 0 Å². The van der Waals surface area contributed by atoms with Crippen molar-refractivity contribution in [1.29, 1.82) is 5.41 Å². The number of ether oxygens (including phenoxy) is 1. The molecule has 1 amide bonds. The largest absolute Gasteiger partial charge is 0.483 e. The average molecular weight is 264 g/mol. The topological polar surface area (TPSA) is 53.4 Å². The highest BCUT2D eigenvalue weighted by molar-refractivity contribution is 8.01. The van der Waals surface area contributed by atoms with Gasteiger partial charge in [-0.3, -0.25) is 10.2 Å². The van der Waals surface area contributed by atoms with E-state index in [4.69, 9.17) is 10.1 Å². The summed E-state index contributed by atoms with van der Waals surface area (Å²) in [5, 5.41) is 7.54. The molecule has 1 N–H and O–H groups in total. The van der Waals surface area contributed by atoms with E-state index in [-0.39, 0.29) is 23.6 Å². The molecule has 5 heteroatoms. The first-order valence-electron chi connectivity index (χ1n) is 5.85. The van der Waals surface area contributed by atoms with E-state index in [0.717, 1.165) is 17.0 Å². The van der Waals surface area contributed by atoms with Crippen LogP contribution in [-0.2, 0) is 9.53 Å². The summed E-state index contributed by atoms with van der Waals surface area (Å²) < 4.78 is 4.87. The number of nitrogens with zero attached hydrogens (tertiary/aromatic N) is 1. The fourth-order valence-corrected chi connectivity index (χ4v) is 3.06. The average Bonchev–Trinajstić information content (AvgIpc) is 2.41. The molecule has 1 unspecified atom stereocenters. The number of rotatable bonds is 3. The van der Waals surface area contributed by atoms with Crippen LogP contribution in [0.5, 0.6) is 0 Å².